The lowest BCUT2D eigenvalue weighted by molar-refractivity contribution is -0.345. The molecule has 0 aromatic heterocycles. The van der Waals surface area contributed by atoms with E-state index in [0.29, 0.717) is 11.9 Å². The molecule has 0 aromatic rings. The molecule has 0 aliphatic carbocycles. The molecule has 0 aromatic carbocycles. The van der Waals surface area contributed by atoms with Gasteiger partial charge < -0.3 is 173 Å². The number of nitroso groups, excluding NO2 is 1. The minimum Gasteiger partial charge on any atom is -0.448 e. The molecule has 7 heterocycles. The van der Waals surface area contributed by atoms with Crippen LogP contribution in [-0.4, -0.2) is 395 Å². The third kappa shape index (κ3) is 28.0. The normalized spacial score (nSPS) is 36.8. The lowest BCUT2D eigenvalue weighted by Gasteiger charge is -2.46. The van der Waals surface area contributed by atoms with Crippen molar-refractivity contribution in [3.63, 3.8) is 0 Å². The number of nitrogens with two attached hydrogens (primary N) is 1. The molecule has 0 bridgehead atoms. The number of carbonyl (C=O) groups is 9. The van der Waals surface area contributed by atoms with Crippen LogP contribution in [0, 0.1) is 22.7 Å². The van der Waals surface area contributed by atoms with E-state index < -0.39 is 287 Å². The number of nitrogens with zero attached hydrogens (tertiary/aromatic N) is 1. The quantitative estimate of drug-likeness (QED) is 0.00743. The van der Waals surface area contributed by atoms with Gasteiger partial charge in [-0.1, -0.05) is 32.5 Å². The molecule has 19 N–H and O–H groups in total. The highest BCUT2D eigenvalue weighted by Crippen LogP contribution is 2.42. The van der Waals surface area contributed by atoms with Crippen molar-refractivity contribution in [3.8, 4) is 0 Å². The van der Waals surface area contributed by atoms with E-state index in [1.165, 1.54) is 89.0 Å². The Morgan fingerprint density at radius 1 is 0.487 bits per heavy atom. The van der Waals surface area contributed by atoms with E-state index in [2.05, 4.69) is 43.8 Å². The Balaban J connectivity index is 0.000000356. The van der Waals surface area contributed by atoms with E-state index in [9.17, 15) is 109 Å². The van der Waals surface area contributed by atoms with E-state index >= 15 is 0 Å². The Morgan fingerprint density at radius 3 is 1.04 bits per heavy atom. The van der Waals surface area contributed by atoms with Gasteiger partial charge in [0.15, 0.2) is 69.5 Å². The molecule has 47 nitrogen and oxygen atoms in total. The molecule has 0 radical (unpaired) electrons. The highest BCUT2D eigenvalue weighted by atomic mass is 32.2. The number of aliphatic hydroxyl groups is 12. The third-order valence-electron chi connectivity index (χ3n) is 19.9. The Bertz CT molecular complexity index is 3250. The van der Waals surface area contributed by atoms with Gasteiger partial charge >= 0.3 is 17.9 Å². The SMILES string of the molecule is CC(=O)N[C@H]1C(=O)SC1(C)C.COC1OC(C(=O)OCN)[C@@H](O[C@@H]2OC(CO)C(O)[C@H](OC)C2C)C(O)C1O.COC1OC(C(=O)OCNC(=O)[C@H](NC(C)=O)C(C)(C)S)[C@@H](O[C@@H]2OC(CO)C(O)[C@H](OC)C2C)C(O)C1O.COC1OC(C(=O)OCNC(=O)[C@H](NC(C)=O)C(C)(C)SN=O)[C@@H](O[C@@H]2OC(CO)C(O)[C@H](OC)C2C)C(O)C1O. The summed E-state index contributed by atoms with van der Waals surface area (Å²) in [5.41, 5.74) is 5.23. The second kappa shape index (κ2) is 48.4. The van der Waals surface area contributed by atoms with Crippen LogP contribution in [0.2, 0.25) is 0 Å². The third-order valence-corrected chi connectivity index (χ3v) is 22.1. The molecule has 119 heavy (non-hydrogen) atoms. The fourth-order valence-electron chi connectivity index (χ4n) is 13.3. The fraction of sp³-hybridized carbons (Fsp3) is 0.870. The van der Waals surface area contributed by atoms with Crippen LogP contribution >= 0.6 is 36.3 Å². The molecular formula is C69H119N7O40S3. The molecule has 7 fully saturated rings. The number of thioether (sulfide) groups is 1. The number of aliphatic hydroxyl groups excluding tert-OH is 12. The first kappa shape index (κ1) is 106. The van der Waals surface area contributed by atoms with Crippen LogP contribution < -0.4 is 32.3 Å². The Hall–Kier alpha value is -5.04. The standard InChI is InChI=1S/C23H39N3O14S.C23H40N2O13S.C16H29NO11.C7H11NO2S/c1-9-15(35-5)12(29)11(7-27)38-21(9)39-16-13(30)14(31)22(36-6)40-17(16)20(33)37-8-24-19(32)18(25-10(2)28)23(3,4)41-26-34;1-9-15(33-5)12(28)11(7-26)36-21(9)37-16-13(29)14(30)22(34-6)38-17(16)20(32)35-8-24-19(31)18(23(3,4)39)25-10(2)27;1-6-11(23-2)8(19)7(4-18)26-15(6)27-12-9(20)10(21)16(24-3)28-13(12)14(22)25-5-17;1-4(9)8-5-6(10)11-7(5,2)3/h9,11-18,21-22,27,29-31H,7-8H2,1-6H3,(H,24,32)(H,25,28);9,11-18,21-22,26,28-30,39H,7-8H2,1-6H3,(H,24,31)(H,25,27);6-13,15-16,18-21H,4-5,17H2,1-3H3;5H,1-3H3,(H,8,9)/t2*9?,11?,12?,13?,14?,15-,16+,17?,18+,21+,22?;6?,7?,8?,9?,10?,11-,12+,13?,15+,16?;5-/m1110/s1. The highest BCUT2D eigenvalue weighted by Gasteiger charge is 2.58. The molecule has 33 atom stereocenters. The average molecular weight is 1780 g/mol. The Kier molecular flexibility index (Phi) is 43.3. The van der Waals surface area contributed by atoms with Gasteiger partial charge in [-0.2, -0.15) is 12.6 Å². The number of nitrogens with one attached hydrogen (secondary N) is 5. The number of hydrogen-bond donors (Lipinski definition) is 19. The largest absolute Gasteiger partial charge is 0.448 e. The van der Waals surface area contributed by atoms with Crippen molar-refractivity contribution < 1.29 is 190 Å². The predicted octanol–water partition coefficient (Wildman–Crippen LogP) is -8.27. The highest BCUT2D eigenvalue weighted by molar-refractivity contribution is 8.17. The van der Waals surface area contributed by atoms with Crippen LogP contribution in [0.5, 0.6) is 0 Å². The van der Waals surface area contributed by atoms with Gasteiger partial charge in [0.25, 0.3) is 0 Å². The lowest BCUT2D eigenvalue weighted by Crippen LogP contribution is -2.64. The minimum absolute atomic E-state index is 0.0604. The van der Waals surface area contributed by atoms with E-state index in [-0.39, 0.29) is 21.8 Å². The molecule has 7 rings (SSSR count). The van der Waals surface area contributed by atoms with E-state index in [4.69, 9.17) is 91.0 Å². The molecule has 0 spiro atoms. The second-order valence-electron chi connectivity index (χ2n) is 29.8. The number of thiol groups is 1. The summed E-state index contributed by atoms with van der Waals surface area (Å²) in [5, 5.41) is 135. The zero-order chi connectivity index (χ0) is 90.4. The van der Waals surface area contributed by atoms with Crippen molar-refractivity contribution in [2.75, 3.05) is 82.7 Å². The first-order chi connectivity index (χ1) is 55.6. The van der Waals surface area contributed by atoms with Crippen LogP contribution in [0.4, 0.5) is 0 Å². The molecule has 7 saturated heterocycles. The summed E-state index contributed by atoms with van der Waals surface area (Å²) >= 11 is 6.14. The monoisotopic (exact) mass is 1780 g/mol. The topological polar surface area (TPSA) is 678 Å². The number of carbonyl (C=O) groups excluding carboxylic acids is 9. The molecule has 0 saturated carbocycles. The van der Waals surface area contributed by atoms with Gasteiger partial charge in [-0.05, 0) is 41.5 Å². The number of ether oxygens (including phenoxy) is 18. The van der Waals surface area contributed by atoms with Crippen LogP contribution in [0.15, 0.2) is 4.58 Å². The van der Waals surface area contributed by atoms with Crippen molar-refractivity contribution in [2.45, 2.75) is 281 Å². The van der Waals surface area contributed by atoms with Gasteiger partial charge in [0.1, 0.15) is 116 Å². The number of hydrogen-bond acceptors (Lipinski definition) is 45. The van der Waals surface area contributed by atoms with Crippen LogP contribution in [0.1, 0.15) is 83.1 Å². The maximum absolute atomic E-state index is 13.1. The first-order valence-corrected chi connectivity index (χ1v) is 39.2. The van der Waals surface area contributed by atoms with Gasteiger partial charge in [0, 0.05) is 107 Å². The van der Waals surface area contributed by atoms with E-state index in [1.54, 1.807) is 34.6 Å². The second-order valence-corrected chi connectivity index (χ2v) is 34.0. The number of methoxy groups -OCH3 is 6. The van der Waals surface area contributed by atoms with Gasteiger partial charge in [0.05, 0.1) is 42.9 Å². The summed E-state index contributed by atoms with van der Waals surface area (Å²) in [5.74, 6) is -7.65. The maximum atomic E-state index is 13.1. The summed E-state index contributed by atoms with van der Waals surface area (Å²) in [6, 6.07) is -2.57. The van der Waals surface area contributed by atoms with Crippen molar-refractivity contribution in [1.29, 1.82) is 0 Å². The van der Waals surface area contributed by atoms with Gasteiger partial charge in [-0.25, -0.2) is 14.4 Å². The predicted molar refractivity (Wildman–Crippen MR) is 406 cm³/mol. The number of rotatable bonds is 32. The van der Waals surface area contributed by atoms with Crippen molar-refractivity contribution in [1.82, 2.24) is 26.6 Å². The smallest absolute Gasteiger partial charge is 0.339 e. The maximum Gasteiger partial charge on any atom is 0.339 e. The minimum atomic E-state index is -1.75. The van der Waals surface area contributed by atoms with Crippen LogP contribution in [0.3, 0.4) is 0 Å². The van der Waals surface area contributed by atoms with Crippen LogP contribution in [0.25, 0.3) is 0 Å². The summed E-state index contributed by atoms with van der Waals surface area (Å²) < 4.78 is 97.0. The summed E-state index contributed by atoms with van der Waals surface area (Å²) in [4.78, 5) is 119. The number of amides is 5. The number of esters is 3. The molecule has 50 heteroatoms. The van der Waals surface area contributed by atoms with Gasteiger partial charge in [-0.15, -0.1) is 4.91 Å². The molecule has 688 valence electrons. The molecular weight excluding hydrogens is 1660 g/mol. The van der Waals surface area contributed by atoms with Crippen molar-refractivity contribution >= 4 is 88.9 Å². The average Bonchev–Trinajstić information content (AvgIpc) is 0.794. The Morgan fingerprint density at radius 2 is 0.798 bits per heavy atom. The summed E-state index contributed by atoms with van der Waals surface area (Å²) in [6.07, 6.45) is -36.1. The fourth-order valence-corrected chi connectivity index (χ4v) is 15.1. The molecule has 5 amide bonds. The lowest BCUT2D eigenvalue weighted by atomic mass is 9.91. The zero-order valence-corrected chi connectivity index (χ0v) is 71.4. The van der Waals surface area contributed by atoms with Gasteiger partial charge in [0.2, 0.25) is 34.7 Å². The molecule has 7 aliphatic rings. The summed E-state index contributed by atoms with van der Waals surface area (Å²) in [7, 11) is 7.67. The van der Waals surface area contributed by atoms with Crippen molar-refractivity contribution in [2.24, 2.45) is 28.1 Å². The summed E-state index contributed by atoms with van der Waals surface area (Å²) in [6.45, 7) is 15.4. The van der Waals surface area contributed by atoms with Gasteiger partial charge in [-0.3, -0.25) is 34.5 Å². The zero-order valence-electron chi connectivity index (χ0n) is 68.9. The van der Waals surface area contributed by atoms with Crippen LogP contribution in [-0.2, 0) is 128 Å². The molecule has 21 unspecified atom stereocenters. The molecule has 7 aliphatic heterocycles. The Labute approximate surface area is 699 Å². The van der Waals surface area contributed by atoms with E-state index in [1.807, 2.05) is 13.8 Å². The van der Waals surface area contributed by atoms with Crippen molar-refractivity contribution in [3.05, 3.63) is 4.91 Å². The van der Waals surface area contributed by atoms with E-state index in [0.717, 1.165) is 0 Å². The first-order valence-electron chi connectivity index (χ1n) is 37.2.